The topological polar surface area (TPSA) is 72.8 Å². The van der Waals surface area contributed by atoms with E-state index < -0.39 is 11.9 Å². The Morgan fingerprint density at radius 1 is 1.27 bits per heavy atom. The predicted molar refractivity (Wildman–Crippen MR) is 53.5 cm³/mol. The summed E-state index contributed by atoms with van der Waals surface area (Å²) in [4.78, 5) is 21.2. The number of ether oxygens (including phenoxy) is 2. The monoisotopic (exact) mass is 218 g/mol. The minimum Gasteiger partial charge on any atom is -0.481 e. The Labute approximate surface area is 89.4 Å². The lowest BCUT2D eigenvalue weighted by Gasteiger charge is -2.14. The van der Waals surface area contributed by atoms with Crippen LogP contribution in [0.3, 0.4) is 0 Å². The minimum atomic E-state index is -0.996. The van der Waals surface area contributed by atoms with Crippen LogP contribution in [0.25, 0.3) is 0 Å². The summed E-state index contributed by atoms with van der Waals surface area (Å²) in [5.74, 6) is -1.49. The third-order valence-electron chi connectivity index (χ3n) is 1.83. The number of carboxylic acid groups (broad SMARTS) is 1. The SMILES string of the molecule is CCOC(CC)COC(=O)CCC(=O)O. The number of carboxylic acids is 1. The molecule has 0 radical (unpaired) electrons. The highest BCUT2D eigenvalue weighted by atomic mass is 16.6. The van der Waals surface area contributed by atoms with Gasteiger partial charge in [0, 0.05) is 6.61 Å². The summed E-state index contributed by atoms with van der Waals surface area (Å²) in [6.45, 7) is 4.58. The Morgan fingerprint density at radius 2 is 1.93 bits per heavy atom. The van der Waals surface area contributed by atoms with Crippen LogP contribution in [-0.4, -0.2) is 36.4 Å². The average molecular weight is 218 g/mol. The van der Waals surface area contributed by atoms with Crippen LogP contribution < -0.4 is 0 Å². The zero-order chi connectivity index (χ0) is 11.7. The fraction of sp³-hybridized carbons (Fsp3) is 0.800. The van der Waals surface area contributed by atoms with Crippen molar-refractivity contribution in [2.45, 2.75) is 39.2 Å². The highest BCUT2D eigenvalue weighted by Gasteiger charge is 2.11. The minimum absolute atomic E-state index is 0.0854. The normalized spacial score (nSPS) is 12.1. The first kappa shape index (κ1) is 13.9. The Hall–Kier alpha value is -1.10. The summed E-state index contributed by atoms with van der Waals surface area (Å²) in [5.41, 5.74) is 0. The number of carbonyl (C=O) groups excluding carboxylic acids is 1. The smallest absolute Gasteiger partial charge is 0.306 e. The van der Waals surface area contributed by atoms with Crippen LogP contribution >= 0.6 is 0 Å². The van der Waals surface area contributed by atoms with Crippen molar-refractivity contribution in [3.63, 3.8) is 0 Å². The second-order valence-corrected chi connectivity index (χ2v) is 3.06. The van der Waals surface area contributed by atoms with Gasteiger partial charge in [0.25, 0.3) is 0 Å². The van der Waals surface area contributed by atoms with Crippen LogP contribution in [0, 0.1) is 0 Å². The van der Waals surface area contributed by atoms with Crippen molar-refractivity contribution in [3.8, 4) is 0 Å². The zero-order valence-electron chi connectivity index (χ0n) is 9.19. The molecule has 0 aliphatic heterocycles. The molecule has 0 aromatic heterocycles. The summed E-state index contributed by atoms with van der Waals surface area (Å²) in [6, 6.07) is 0. The van der Waals surface area contributed by atoms with E-state index in [0.29, 0.717) is 6.61 Å². The van der Waals surface area contributed by atoms with E-state index in [2.05, 4.69) is 0 Å². The molecule has 0 bridgehead atoms. The fourth-order valence-electron chi connectivity index (χ4n) is 0.987. The van der Waals surface area contributed by atoms with Gasteiger partial charge in [-0.15, -0.1) is 0 Å². The van der Waals surface area contributed by atoms with Gasteiger partial charge in [-0.1, -0.05) is 6.92 Å². The third-order valence-corrected chi connectivity index (χ3v) is 1.83. The summed E-state index contributed by atoms with van der Waals surface area (Å²) >= 11 is 0. The number of aliphatic carboxylic acids is 1. The molecule has 0 aliphatic carbocycles. The molecule has 0 heterocycles. The maximum Gasteiger partial charge on any atom is 0.306 e. The Bertz CT molecular complexity index is 202. The van der Waals surface area contributed by atoms with Crippen molar-refractivity contribution in [3.05, 3.63) is 0 Å². The molecule has 5 heteroatoms. The average Bonchev–Trinajstić information content (AvgIpc) is 2.21. The summed E-state index contributed by atoms with van der Waals surface area (Å²) in [6.07, 6.45) is 0.395. The Balaban J connectivity index is 3.63. The highest BCUT2D eigenvalue weighted by Crippen LogP contribution is 2.01. The van der Waals surface area contributed by atoms with E-state index in [0.717, 1.165) is 6.42 Å². The quantitative estimate of drug-likeness (QED) is 0.620. The largest absolute Gasteiger partial charge is 0.481 e. The van der Waals surface area contributed by atoms with E-state index in [-0.39, 0.29) is 25.6 Å². The summed E-state index contributed by atoms with van der Waals surface area (Å²) < 4.78 is 10.1. The van der Waals surface area contributed by atoms with Crippen LogP contribution in [0.5, 0.6) is 0 Å². The lowest BCUT2D eigenvalue weighted by molar-refractivity contribution is -0.151. The van der Waals surface area contributed by atoms with Gasteiger partial charge >= 0.3 is 11.9 Å². The van der Waals surface area contributed by atoms with Crippen molar-refractivity contribution in [1.82, 2.24) is 0 Å². The molecule has 0 rings (SSSR count). The maximum atomic E-state index is 11.0. The lowest BCUT2D eigenvalue weighted by atomic mass is 10.3. The molecular formula is C10H18O5. The first-order valence-electron chi connectivity index (χ1n) is 5.09. The summed E-state index contributed by atoms with van der Waals surface area (Å²) in [5, 5.41) is 8.34. The van der Waals surface area contributed by atoms with E-state index in [1.165, 1.54) is 0 Å². The maximum absolute atomic E-state index is 11.0. The standard InChI is InChI=1S/C10H18O5/c1-3-8(14-4-2)7-15-10(13)6-5-9(11)12/h8H,3-7H2,1-2H3,(H,11,12). The molecule has 5 nitrogen and oxygen atoms in total. The van der Waals surface area contributed by atoms with Crippen molar-refractivity contribution >= 4 is 11.9 Å². The molecule has 88 valence electrons. The highest BCUT2D eigenvalue weighted by molar-refractivity contribution is 5.76. The van der Waals surface area contributed by atoms with Crippen molar-refractivity contribution in [1.29, 1.82) is 0 Å². The van der Waals surface area contributed by atoms with Gasteiger partial charge in [0.15, 0.2) is 0 Å². The van der Waals surface area contributed by atoms with Gasteiger partial charge in [0.2, 0.25) is 0 Å². The molecule has 0 aromatic rings. The molecule has 0 saturated carbocycles. The first-order chi connectivity index (χ1) is 7.10. The van der Waals surface area contributed by atoms with Crippen LogP contribution in [0.2, 0.25) is 0 Å². The number of carbonyl (C=O) groups is 2. The number of esters is 1. The molecule has 1 atom stereocenters. The molecule has 1 N–H and O–H groups in total. The van der Waals surface area contributed by atoms with Crippen LogP contribution in [0.4, 0.5) is 0 Å². The predicted octanol–water partition coefficient (Wildman–Crippen LogP) is 1.21. The van der Waals surface area contributed by atoms with Gasteiger partial charge in [-0.3, -0.25) is 9.59 Å². The van der Waals surface area contributed by atoms with E-state index in [9.17, 15) is 9.59 Å². The molecule has 0 aromatic carbocycles. The van der Waals surface area contributed by atoms with Gasteiger partial charge < -0.3 is 14.6 Å². The van der Waals surface area contributed by atoms with Crippen molar-refractivity contribution in [2.75, 3.05) is 13.2 Å². The fourth-order valence-corrected chi connectivity index (χ4v) is 0.987. The second kappa shape index (κ2) is 8.23. The number of hydrogen-bond acceptors (Lipinski definition) is 4. The Kier molecular flexibility index (Phi) is 7.62. The molecule has 0 fully saturated rings. The zero-order valence-corrected chi connectivity index (χ0v) is 9.19. The van der Waals surface area contributed by atoms with Gasteiger partial charge in [0.1, 0.15) is 6.61 Å². The molecule has 0 saturated heterocycles. The van der Waals surface area contributed by atoms with Crippen LogP contribution in [-0.2, 0) is 19.1 Å². The van der Waals surface area contributed by atoms with E-state index in [1.807, 2.05) is 13.8 Å². The van der Waals surface area contributed by atoms with Gasteiger partial charge in [0.05, 0.1) is 18.9 Å². The summed E-state index contributed by atoms with van der Waals surface area (Å²) in [7, 11) is 0. The van der Waals surface area contributed by atoms with Crippen molar-refractivity contribution in [2.24, 2.45) is 0 Å². The van der Waals surface area contributed by atoms with Gasteiger partial charge in [-0.25, -0.2) is 0 Å². The van der Waals surface area contributed by atoms with Crippen molar-refractivity contribution < 1.29 is 24.2 Å². The van der Waals surface area contributed by atoms with E-state index in [4.69, 9.17) is 14.6 Å². The van der Waals surface area contributed by atoms with E-state index >= 15 is 0 Å². The first-order valence-corrected chi connectivity index (χ1v) is 5.09. The molecular weight excluding hydrogens is 200 g/mol. The second-order valence-electron chi connectivity index (χ2n) is 3.06. The van der Waals surface area contributed by atoms with Gasteiger partial charge in [-0.2, -0.15) is 0 Å². The van der Waals surface area contributed by atoms with Crippen LogP contribution in [0.1, 0.15) is 33.1 Å². The molecule has 0 amide bonds. The number of hydrogen-bond donors (Lipinski definition) is 1. The number of rotatable bonds is 8. The Morgan fingerprint density at radius 3 is 2.40 bits per heavy atom. The van der Waals surface area contributed by atoms with Gasteiger partial charge in [-0.05, 0) is 13.3 Å². The molecule has 0 spiro atoms. The van der Waals surface area contributed by atoms with E-state index in [1.54, 1.807) is 0 Å². The third kappa shape index (κ3) is 7.93. The molecule has 1 unspecified atom stereocenters. The lowest BCUT2D eigenvalue weighted by Crippen LogP contribution is -2.21. The molecule has 15 heavy (non-hydrogen) atoms. The van der Waals surface area contributed by atoms with Crippen LogP contribution in [0.15, 0.2) is 0 Å². The molecule has 0 aliphatic rings.